The second kappa shape index (κ2) is 13.4. The van der Waals surface area contributed by atoms with E-state index in [2.05, 4.69) is 19.7 Å². The maximum Gasteiger partial charge on any atom is 0.210 e. The number of sulfone groups is 1. The van der Waals surface area contributed by atoms with Crippen LogP contribution >= 0.6 is 0 Å². The highest BCUT2D eigenvalue weighted by Crippen LogP contribution is 2.39. The molecule has 4 heterocycles. The molecule has 0 amide bonds. The lowest BCUT2D eigenvalue weighted by atomic mass is 9.95. The van der Waals surface area contributed by atoms with E-state index in [1.807, 2.05) is 19.1 Å². The minimum atomic E-state index is -3.90. The number of nitrogens with zero attached hydrogens (tertiary/aromatic N) is 4. The Kier molecular flexibility index (Phi) is 9.58. The Hall–Kier alpha value is -2.57. The van der Waals surface area contributed by atoms with Gasteiger partial charge >= 0.3 is 0 Å². The molecule has 0 spiro atoms. The standard InChI is InChI=1S/C33H44N4O5S2/c1-3-42-27-4-7-29(8-5-27)44(40,41)32-23-34-31-9-6-28(43(2)39)22-30(31)33(32)37-18-12-25(13-19-37)35-16-10-24(11-17-35)36-20-14-26(38)15-21-36/h4-9,22-26,38H,3,10-21H2,1-2H3. The number of likely N-dealkylation sites (tertiary alicyclic amines) is 2. The van der Waals surface area contributed by atoms with Crippen molar-refractivity contribution in [2.75, 3.05) is 57.0 Å². The molecule has 3 aliphatic rings. The zero-order chi connectivity index (χ0) is 30.8. The highest BCUT2D eigenvalue weighted by molar-refractivity contribution is 7.91. The number of piperidine rings is 3. The van der Waals surface area contributed by atoms with Gasteiger partial charge in [-0.05, 0) is 101 Å². The summed E-state index contributed by atoms with van der Waals surface area (Å²) in [6.07, 6.45) is 8.97. The molecular weight excluding hydrogens is 597 g/mol. The third kappa shape index (κ3) is 6.53. The van der Waals surface area contributed by atoms with Gasteiger partial charge in [0, 0.05) is 71.8 Å². The largest absolute Gasteiger partial charge is 0.494 e. The number of ether oxygens (including phenoxy) is 1. The van der Waals surface area contributed by atoms with Gasteiger partial charge in [0.15, 0.2) is 0 Å². The fraction of sp³-hybridized carbons (Fsp3) is 0.545. The van der Waals surface area contributed by atoms with Crippen molar-refractivity contribution in [1.29, 1.82) is 0 Å². The van der Waals surface area contributed by atoms with E-state index in [1.54, 1.807) is 36.6 Å². The fourth-order valence-electron chi connectivity index (χ4n) is 7.17. The quantitative estimate of drug-likeness (QED) is 0.390. The molecule has 0 radical (unpaired) electrons. The van der Waals surface area contributed by atoms with Crippen LogP contribution in [0.15, 0.2) is 63.3 Å². The maximum absolute atomic E-state index is 14.1. The average molecular weight is 641 g/mol. The van der Waals surface area contributed by atoms with Gasteiger partial charge in [0.1, 0.15) is 10.6 Å². The van der Waals surface area contributed by atoms with Crippen LogP contribution in [0.3, 0.4) is 0 Å². The first kappa shape index (κ1) is 31.4. The minimum absolute atomic E-state index is 0.138. The second-order valence-electron chi connectivity index (χ2n) is 12.3. The Balaban J connectivity index is 1.24. The van der Waals surface area contributed by atoms with E-state index in [-0.39, 0.29) is 15.9 Å². The van der Waals surface area contributed by atoms with E-state index in [0.717, 1.165) is 83.2 Å². The topological polar surface area (TPSA) is 103 Å². The smallest absolute Gasteiger partial charge is 0.210 e. The van der Waals surface area contributed by atoms with Crippen molar-refractivity contribution in [3.63, 3.8) is 0 Å². The fourth-order valence-corrected chi connectivity index (χ4v) is 9.15. The summed E-state index contributed by atoms with van der Waals surface area (Å²) in [6.45, 7) is 8.02. The number of fused-ring (bicyclic) bond motifs is 1. The van der Waals surface area contributed by atoms with Crippen molar-refractivity contribution >= 4 is 37.2 Å². The lowest BCUT2D eigenvalue weighted by Crippen LogP contribution is -2.52. The van der Waals surface area contributed by atoms with Crippen molar-refractivity contribution in [1.82, 2.24) is 14.8 Å². The summed E-state index contributed by atoms with van der Waals surface area (Å²) >= 11 is 0. The van der Waals surface area contributed by atoms with Crippen LogP contribution in [0.2, 0.25) is 0 Å². The summed E-state index contributed by atoms with van der Waals surface area (Å²) in [5, 5.41) is 10.6. The number of hydrogen-bond acceptors (Lipinski definition) is 9. The molecule has 0 bridgehead atoms. The molecule has 2 aromatic carbocycles. The van der Waals surface area contributed by atoms with Gasteiger partial charge in [-0.2, -0.15) is 0 Å². The zero-order valence-corrected chi connectivity index (χ0v) is 27.4. The molecular formula is C33H44N4O5S2. The molecule has 3 saturated heterocycles. The van der Waals surface area contributed by atoms with Crippen molar-refractivity contribution in [2.24, 2.45) is 0 Å². The van der Waals surface area contributed by atoms with Gasteiger partial charge in [0.25, 0.3) is 0 Å². The predicted molar refractivity (Wildman–Crippen MR) is 174 cm³/mol. The minimum Gasteiger partial charge on any atom is -0.494 e. The third-order valence-electron chi connectivity index (χ3n) is 9.66. The molecule has 44 heavy (non-hydrogen) atoms. The number of aromatic nitrogens is 1. The highest BCUT2D eigenvalue weighted by Gasteiger charge is 2.34. The number of anilines is 1. The Morgan fingerprint density at radius 3 is 2.07 bits per heavy atom. The summed E-state index contributed by atoms with van der Waals surface area (Å²) in [5.74, 6) is 0.624. The van der Waals surface area contributed by atoms with Crippen molar-refractivity contribution in [3.05, 3.63) is 48.7 Å². The van der Waals surface area contributed by atoms with Crippen molar-refractivity contribution in [3.8, 4) is 5.75 Å². The van der Waals surface area contributed by atoms with Gasteiger partial charge in [0.05, 0.1) is 28.8 Å². The molecule has 1 N–H and O–H groups in total. The number of benzene rings is 2. The number of rotatable bonds is 8. The SMILES string of the molecule is CCOc1ccc(S(=O)(=O)c2cnc3ccc(S(C)=O)cc3c2N2CCC(N3CCC(N4CCC(O)CC4)CC3)CC2)cc1. The number of aliphatic hydroxyl groups is 1. The molecule has 6 rings (SSSR count). The van der Waals surface area contributed by atoms with E-state index in [1.165, 1.54) is 6.20 Å². The van der Waals surface area contributed by atoms with E-state index in [0.29, 0.717) is 40.5 Å². The predicted octanol–water partition coefficient (Wildman–Crippen LogP) is 4.09. The lowest BCUT2D eigenvalue weighted by Gasteiger charge is -2.45. The average Bonchev–Trinajstić information content (AvgIpc) is 3.05. The molecule has 1 unspecified atom stereocenters. The van der Waals surface area contributed by atoms with E-state index in [9.17, 15) is 17.7 Å². The van der Waals surface area contributed by atoms with Crippen LogP contribution in [0.4, 0.5) is 5.69 Å². The number of pyridine rings is 1. The van der Waals surface area contributed by atoms with Gasteiger partial charge in [-0.3, -0.25) is 9.19 Å². The summed E-state index contributed by atoms with van der Waals surface area (Å²) in [4.78, 5) is 13.0. The summed E-state index contributed by atoms with van der Waals surface area (Å²) in [6, 6.07) is 13.1. The van der Waals surface area contributed by atoms with Crippen LogP contribution in [0.5, 0.6) is 5.75 Å². The van der Waals surface area contributed by atoms with Crippen LogP contribution in [0, 0.1) is 0 Å². The normalized spacial score (nSPS) is 21.1. The van der Waals surface area contributed by atoms with Gasteiger partial charge in [-0.25, -0.2) is 8.42 Å². The van der Waals surface area contributed by atoms with Gasteiger partial charge in [-0.15, -0.1) is 0 Å². The number of aliphatic hydroxyl groups excluding tert-OH is 1. The molecule has 11 heteroatoms. The Bertz CT molecular complexity index is 1580. The van der Waals surface area contributed by atoms with Crippen molar-refractivity contribution in [2.45, 2.75) is 78.3 Å². The first-order chi connectivity index (χ1) is 21.2. The molecule has 0 aliphatic carbocycles. The molecule has 238 valence electrons. The summed E-state index contributed by atoms with van der Waals surface area (Å²) in [7, 11) is -5.11. The van der Waals surface area contributed by atoms with Crippen LogP contribution in [0.25, 0.3) is 10.9 Å². The second-order valence-corrected chi connectivity index (χ2v) is 15.6. The zero-order valence-electron chi connectivity index (χ0n) is 25.7. The molecule has 3 aromatic rings. The summed E-state index contributed by atoms with van der Waals surface area (Å²) in [5.41, 5.74) is 1.34. The van der Waals surface area contributed by atoms with Gasteiger partial charge < -0.3 is 24.5 Å². The molecule has 0 saturated carbocycles. The van der Waals surface area contributed by atoms with Gasteiger partial charge in [0.2, 0.25) is 9.84 Å². The van der Waals surface area contributed by atoms with Crippen LogP contribution in [0.1, 0.15) is 45.4 Å². The van der Waals surface area contributed by atoms with E-state index < -0.39 is 20.6 Å². The number of hydrogen-bond donors (Lipinski definition) is 1. The third-order valence-corrected chi connectivity index (χ3v) is 12.3. The molecule has 1 aromatic heterocycles. The molecule has 3 aliphatic heterocycles. The van der Waals surface area contributed by atoms with Crippen LogP contribution in [-0.4, -0.2) is 103 Å². The monoisotopic (exact) mass is 640 g/mol. The van der Waals surface area contributed by atoms with Crippen molar-refractivity contribution < 1.29 is 22.5 Å². The summed E-state index contributed by atoms with van der Waals surface area (Å²) < 4.78 is 46.2. The first-order valence-electron chi connectivity index (χ1n) is 15.9. The van der Waals surface area contributed by atoms with Crippen LogP contribution < -0.4 is 9.64 Å². The Morgan fingerprint density at radius 2 is 1.48 bits per heavy atom. The van der Waals surface area contributed by atoms with E-state index in [4.69, 9.17) is 4.74 Å². The van der Waals surface area contributed by atoms with E-state index >= 15 is 0 Å². The molecule has 3 fully saturated rings. The Morgan fingerprint density at radius 1 is 0.886 bits per heavy atom. The Labute approximate surface area is 263 Å². The molecule has 9 nitrogen and oxygen atoms in total. The highest BCUT2D eigenvalue weighted by atomic mass is 32.2. The maximum atomic E-state index is 14.1. The van der Waals surface area contributed by atoms with Gasteiger partial charge in [-0.1, -0.05) is 0 Å². The molecule has 1 atom stereocenters. The first-order valence-corrected chi connectivity index (χ1v) is 18.9. The lowest BCUT2D eigenvalue weighted by molar-refractivity contribution is 0.0289. The van der Waals surface area contributed by atoms with Crippen LogP contribution in [-0.2, 0) is 20.6 Å².